The minimum Gasteiger partial charge on any atom is -0.496 e. The highest BCUT2D eigenvalue weighted by Gasteiger charge is 2.23. The predicted octanol–water partition coefficient (Wildman–Crippen LogP) is 3.08. The summed E-state index contributed by atoms with van der Waals surface area (Å²) in [4.78, 5) is 12.1. The number of sulfonamides is 1. The number of carbonyl (C=O) groups is 1. The molecule has 150 valence electrons. The fourth-order valence-corrected chi connectivity index (χ4v) is 3.88. The Bertz CT molecular complexity index is 1010. The van der Waals surface area contributed by atoms with Crippen molar-refractivity contribution >= 4 is 45.3 Å². The maximum Gasteiger partial charge on any atom is 0.255 e. The largest absolute Gasteiger partial charge is 0.496 e. The average Bonchev–Trinajstić information content (AvgIpc) is 2.65. The van der Waals surface area contributed by atoms with Crippen LogP contribution in [0, 0.1) is 6.92 Å². The number of hydrogen-bond donors (Lipinski definition) is 1. The summed E-state index contributed by atoms with van der Waals surface area (Å²) in [6, 6.07) is 9.47. The number of nitrogens with zero attached hydrogens (tertiary/aromatic N) is 2. The molecule has 0 unspecified atom stereocenters. The summed E-state index contributed by atoms with van der Waals surface area (Å²) < 4.78 is 31.3. The number of amides is 1. The molecule has 0 aromatic heterocycles. The van der Waals surface area contributed by atoms with E-state index < -0.39 is 22.5 Å². The van der Waals surface area contributed by atoms with Gasteiger partial charge in [-0.3, -0.25) is 4.79 Å². The summed E-state index contributed by atoms with van der Waals surface area (Å²) in [6.07, 6.45) is 1.33. The Labute approximate surface area is 173 Å². The molecule has 2 rings (SSSR count). The number of aryl methyl sites for hydroxylation is 1. The van der Waals surface area contributed by atoms with Gasteiger partial charge in [0.25, 0.3) is 5.91 Å². The van der Waals surface area contributed by atoms with Crippen molar-refractivity contribution in [3.63, 3.8) is 0 Å². The fourth-order valence-electron chi connectivity index (χ4n) is 2.31. The van der Waals surface area contributed by atoms with Gasteiger partial charge in [-0.2, -0.15) is 9.41 Å². The van der Waals surface area contributed by atoms with Gasteiger partial charge in [0.2, 0.25) is 10.0 Å². The van der Waals surface area contributed by atoms with Gasteiger partial charge in [0.05, 0.1) is 34.8 Å². The topological polar surface area (TPSA) is 88.1 Å². The van der Waals surface area contributed by atoms with E-state index in [1.165, 1.54) is 32.5 Å². The van der Waals surface area contributed by atoms with Gasteiger partial charge >= 0.3 is 0 Å². The molecule has 28 heavy (non-hydrogen) atoms. The third-order valence-corrected chi connectivity index (χ3v) is 6.45. The standard InChI is InChI=1S/C18H19Cl2N3O4S/c1-12-9-14(7-8-16(12)27-3)28(25,26)23(2)11-17(24)22-21-10-13-5-4-6-15(19)18(13)20/h4-10H,11H2,1-3H3,(H,22,24)/b21-10-. The van der Waals surface area contributed by atoms with Crippen LogP contribution in [0.3, 0.4) is 0 Å². The molecule has 0 bridgehead atoms. The molecule has 7 nitrogen and oxygen atoms in total. The molecule has 0 aliphatic heterocycles. The Morgan fingerprint density at radius 3 is 2.64 bits per heavy atom. The molecule has 1 amide bonds. The highest BCUT2D eigenvalue weighted by atomic mass is 35.5. The first-order valence-electron chi connectivity index (χ1n) is 8.03. The van der Waals surface area contributed by atoms with E-state index in [-0.39, 0.29) is 4.90 Å². The van der Waals surface area contributed by atoms with Gasteiger partial charge in [0.15, 0.2) is 0 Å². The lowest BCUT2D eigenvalue weighted by atomic mass is 10.2. The van der Waals surface area contributed by atoms with E-state index in [4.69, 9.17) is 27.9 Å². The second-order valence-electron chi connectivity index (χ2n) is 5.83. The first-order valence-corrected chi connectivity index (χ1v) is 10.2. The molecule has 0 fully saturated rings. The van der Waals surface area contributed by atoms with Crippen LogP contribution < -0.4 is 10.2 Å². The monoisotopic (exact) mass is 443 g/mol. The molecule has 0 saturated carbocycles. The normalized spacial score (nSPS) is 11.8. The van der Waals surface area contributed by atoms with Gasteiger partial charge in [-0.25, -0.2) is 13.8 Å². The molecule has 10 heteroatoms. The van der Waals surface area contributed by atoms with Crippen LogP contribution in [0.4, 0.5) is 0 Å². The summed E-state index contributed by atoms with van der Waals surface area (Å²) in [6.45, 7) is 1.33. The summed E-state index contributed by atoms with van der Waals surface area (Å²) in [5.41, 5.74) is 3.45. The minimum absolute atomic E-state index is 0.0651. The van der Waals surface area contributed by atoms with Crippen LogP contribution in [0.2, 0.25) is 10.0 Å². The van der Waals surface area contributed by atoms with Crippen LogP contribution in [0.25, 0.3) is 0 Å². The van der Waals surface area contributed by atoms with Crippen LogP contribution in [0.1, 0.15) is 11.1 Å². The molecule has 2 aromatic carbocycles. The molecule has 0 radical (unpaired) electrons. The molecule has 0 spiro atoms. The quantitative estimate of drug-likeness (QED) is 0.525. The number of halogens is 2. The first kappa shape index (κ1) is 22.2. The summed E-state index contributed by atoms with van der Waals surface area (Å²) in [5.74, 6) is -0.0286. The molecule has 0 aliphatic rings. The van der Waals surface area contributed by atoms with Gasteiger partial charge in [0, 0.05) is 12.6 Å². The van der Waals surface area contributed by atoms with Gasteiger partial charge in [-0.1, -0.05) is 35.3 Å². The molecule has 0 saturated heterocycles. The van der Waals surface area contributed by atoms with Gasteiger partial charge in [-0.15, -0.1) is 0 Å². The molecule has 1 N–H and O–H groups in total. The molecule has 2 aromatic rings. The Morgan fingerprint density at radius 1 is 1.29 bits per heavy atom. The van der Waals surface area contributed by atoms with Gasteiger partial charge in [0.1, 0.15) is 5.75 Å². The molecular weight excluding hydrogens is 425 g/mol. The number of hydrazone groups is 1. The smallest absolute Gasteiger partial charge is 0.255 e. The summed E-state index contributed by atoms with van der Waals surface area (Å²) in [7, 11) is -1.03. The molecule has 0 aliphatic carbocycles. The lowest BCUT2D eigenvalue weighted by Gasteiger charge is -2.17. The van der Waals surface area contributed by atoms with Crippen LogP contribution in [0.15, 0.2) is 46.4 Å². The lowest BCUT2D eigenvalue weighted by Crippen LogP contribution is -2.36. The van der Waals surface area contributed by atoms with Crippen molar-refractivity contribution < 1.29 is 17.9 Å². The van der Waals surface area contributed by atoms with E-state index in [1.807, 2.05) is 0 Å². The SMILES string of the molecule is COc1ccc(S(=O)(=O)N(C)CC(=O)N/N=C\c2cccc(Cl)c2Cl)cc1C. The average molecular weight is 444 g/mol. The zero-order valence-electron chi connectivity index (χ0n) is 15.4. The highest BCUT2D eigenvalue weighted by Crippen LogP contribution is 2.24. The van der Waals surface area contributed by atoms with Crippen molar-refractivity contribution in [2.45, 2.75) is 11.8 Å². The second-order valence-corrected chi connectivity index (χ2v) is 8.66. The maximum atomic E-state index is 12.6. The Balaban J connectivity index is 2.03. The second kappa shape index (κ2) is 9.38. The van der Waals surface area contributed by atoms with Crippen molar-refractivity contribution in [3.05, 3.63) is 57.6 Å². The molecular formula is C18H19Cl2N3O4S. The first-order chi connectivity index (χ1) is 13.2. The number of benzene rings is 2. The van der Waals surface area contributed by atoms with Crippen LogP contribution in [-0.2, 0) is 14.8 Å². The van der Waals surface area contributed by atoms with Crippen LogP contribution in [-0.4, -0.2) is 45.5 Å². The predicted molar refractivity (Wildman–Crippen MR) is 110 cm³/mol. The van der Waals surface area contributed by atoms with E-state index in [0.717, 1.165) is 4.31 Å². The third kappa shape index (κ3) is 5.23. The van der Waals surface area contributed by atoms with Gasteiger partial charge in [-0.05, 0) is 36.8 Å². The summed E-state index contributed by atoms with van der Waals surface area (Å²) in [5, 5.41) is 4.44. The van der Waals surface area contributed by atoms with Crippen molar-refractivity contribution in [1.82, 2.24) is 9.73 Å². The lowest BCUT2D eigenvalue weighted by molar-refractivity contribution is -0.121. The van der Waals surface area contributed by atoms with Crippen molar-refractivity contribution in [1.29, 1.82) is 0 Å². The minimum atomic E-state index is -3.84. The van der Waals surface area contributed by atoms with Crippen LogP contribution in [0.5, 0.6) is 5.75 Å². The number of methoxy groups -OCH3 is 1. The van der Waals surface area contributed by atoms with Crippen LogP contribution >= 0.6 is 23.2 Å². The van der Waals surface area contributed by atoms with Crippen molar-refractivity contribution in [2.75, 3.05) is 20.7 Å². The van der Waals surface area contributed by atoms with E-state index in [0.29, 0.717) is 26.9 Å². The maximum absolute atomic E-state index is 12.6. The van der Waals surface area contributed by atoms with Gasteiger partial charge < -0.3 is 4.74 Å². The number of hydrogen-bond acceptors (Lipinski definition) is 5. The molecule has 0 atom stereocenters. The molecule has 0 heterocycles. The van der Waals surface area contributed by atoms with E-state index in [1.54, 1.807) is 31.2 Å². The Hall–Kier alpha value is -2.13. The van der Waals surface area contributed by atoms with Crippen molar-refractivity contribution in [2.24, 2.45) is 5.10 Å². The number of carbonyl (C=O) groups excluding carboxylic acids is 1. The number of ether oxygens (including phenoxy) is 1. The number of likely N-dealkylation sites (N-methyl/N-ethyl adjacent to an activating group) is 1. The highest BCUT2D eigenvalue weighted by molar-refractivity contribution is 7.89. The Kier molecular flexibility index (Phi) is 7.42. The van der Waals surface area contributed by atoms with Crippen molar-refractivity contribution in [3.8, 4) is 5.75 Å². The van der Waals surface area contributed by atoms with E-state index >= 15 is 0 Å². The number of nitrogens with one attached hydrogen (secondary N) is 1. The van der Waals surface area contributed by atoms with E-state index in [2.05, 4.69) is 10.5 Å². The zero-order chi connectivity index (χ0) is 20.9. The third-order valence-electron chi connectivity index (χ3n) is 3.82. The number of rotatable bonds is 7. The van der Waals surface area contributed by atoms with E-state index in [9.17, 15) is 13.2 Å². The Morgan fingerprint density at radius 2 is 2.00 bits per heavy atom. The zero-order valence-corrected chi connectivity index (χ0v) is 17.8. The fraction of sp³-hybridized carbons (Fsp3) is 0.222. The summed E-state index contributed by atoms with van der Waals surface area (Å²) >= 11 is 11.9.